The Hall–Kier alpha value is -3.81. The van der Waals surface area contributed by atoms with Crippen molar-refractivity contribution < 1.29 is 4.74 Å². The SMILES string of the molecule is NCCOc1ccc(CNc2c(-c3nc4ccccc4[nH]3)c(=O)[nH]c3ccc(Cl)cc23)cc1. The number of para-hydroxylation sites is 2. The molecule has 0 spiro atoms. The monoisotopic (exact) mass is 459 g/mol. The maximum Gasteiger partial charge on any atom is 0.261 e. The number of nitrogens with zero attached hydrogens (tertiary/aromatic N) is 1. The number of aromatic nitrogens is 3. The number of benzene rings is 3. The number of nitrogens with two attached hydrogens (primary N) is 1. The van der Waals surface area contributed by atoms with E-state index in [9.17, 15) is 4.79 Å². The van der Waals surface area contributed by atoms with Gasteiger partial charge in [0.1, 0.15) is 23.7 Å². The van der Waals surface area contributed by atoms with E-state index in [1.807, 2.05) is 54.6 Å². The number of nitrogens with one attached hydrogen (secondary N) is 3. The van der Waals surface area contributed by atoms with Gasteiger partial charge in [-0.25, -0.2) is 4.98 Å². The van der Waals surface area contributed by atoms with Gasteiger partial charge in [0.25, 0.3) is 5.56 Å². The number of pyridine rings is 1. The molecule has 0 amide bonds. The number of ether oxygens (including phenoxy) is 1. The quantitative estimate of drug-likeness (QED) is 0.282. The third kappa shape index (κ3) is 4.28. The molecule has 0 fully saturated rings. The smallest absolute Gasteiger partial charge is 0.261 e. The minimum Gasteiger partial charge on any atom is -0.492 e. The Balaban J connectivity index is 1.57. The molecule has 0 atom stereocenters. The third-order valence-corrected chi connectivity index (χ3v) is 5.62. The third-order valence-electron chi connectivity index (χ3n) is 5.38. The second-order valence-electron chi connectivity index (χ2n) is 7.63. The van der Waals surface area contributed by atoms with Gasteiger partial charge in [0.15, 0.2) is 0 Å². The van der Waals surface area contributed by atoms with Crippen LogP contribution in [0.1, 0.15) is 5.56 Å². The molecule has 0 aliphatic carbocycles. The molecule has 33 heavy (non-hydrogen) atoms. The Morgan fingerprint density at radius 1 is 1.00 bits per heavy atom. The topological polar surface area (TPSA) is 109 Å². The highest BCUT2D eigenvalue weighted by molar-refractivity contribution is 6.31. The van der Waals surface area contributed by atoms with Gasteiger partial charge in [0.05, 0.1) is 22.2 Å². The molecule has 7 nitrogen and oxygen atoms in total. The molecule has 0 aliphatic heterocycles. The second-order valence-corrected chi connectivity index (χ2v) is 8.07. The molecule has 2 aromatic heterocycles. The summed E-state index contributed by atoms with van der Waals surface area (Å²) in [7, 11) is 0. The zero-order chi connectivity index (χ0) is 22.8. The Morgan fingerprint density at radius 2 is 1.82 bits per heavy atom. The highest BCUT2D eigenvalue weighted by Gasteiger charge is 2.18. The fourth-order valence-corrected chi connectivity index (χ4v) is 3.99. The highest BCUT2D eigenvalue weighted by atomic mass is 35.5. The van der Waals surface area contributed by atoms with E-state index in [0.29, 0.717) is 47.3 Å². The Morgan fingerprint density at radius 3 is 2.61 bits per heavy atom. The summed E-state index contributed by atoms with van der Waals surface area (Å²) >= 11 is 6.30. The molecule has 0 aliphatic rings. The molecule has 0 bridgehead atoms. The molecule has 5 aromatic rings. The van der Waals surface area contributed by atoms with Crippen molar-refractivity contribution in [3.63, 3.8) is 0 Å². The van der Waals surface area contributed by atoms with Gasteiger partial charge in [0, 0.05) is 23.5 Å². The van der Waals surface area contributed by atoms with Crippen LogP contribution >= 0.6 is 11.6 Å². The highest BCUT2D eigenvalue weighted by Crippen LogP contribution is 2.32. The van der Waals surface area contributed by atoms with Crippen molar-refractivity contribution in [2.45, 2.75) is 6.54 Å². The molecule has 2 heterocycles. The molecule has 5 rings (SSSR count). The van der Waals surface area contributed by atoms with Crippen molar-refractivity contribution in [2.24, 2.45) is 5.73 Å². The van der Waals surface area contributed by atoms with E-state index >= 15 is 0 Å². The summed E-state index contributed by atoms with van der Waals surface area (Å²) < 4.78 is 5.55. The summed E-state index contributed by atoms with van der Waals surface area (Å²) in [6, 6.07) is 20.8. The van der Waals surface area contributed by atoms with Crippen LogP contribution in [0.5, 0.6) is 5.75 Å². The first-order valence-corrected chi connectivity index (χ1v) is 11.0. The van der Waals surface area contributed by atoms with Gasteiger partial charge in [-0.2, -0.15) is 0 Å². The molecule has 3 aromatic carbocycles. The van der Waals surface area contributed by atoms with E-state index in [0.717, 1.165) is 27.7 Å². The van der Waals surface area contributed by atoms with Gasteiger partial charge in [-0.05, 0) is 48.0 Å². The van der Waals surface area contributed by atoms with Crippen molar-refractivity contribution in [3.05, 3.63) is 87.7 Å². The number of fused-ring (bicyclic) bond motifs is 2. The fraction of sp³-hybridized carbons (Fsp3) is 0.120. The molecule has 0 radical (unpaired) electrons. The van der Waals surface area contributed by atoms with Crippen molar-refractivity contribution in [1.29, 1.82) is 0 Å². The van der Waals surface area contributed by atoms with Gasteiger partial charge >= 0.3 is 0 Å². The largest absolute Gasteiger partial charge is 0.492 e. The van der Waals surface area contributed by atoms with Gasteiger partial charge in [0.2, 0.25) is 0 Å². The zero-order valence-corrected chi connectivity index (χ0v) is 18.4. The number of anilines is 1. The van der Waals surface area contributed by atoms with E-state index in [1.54, 1.807) is 12.1 Å². The van der Waals surface area contributed by atoms with Crippen LogP contribution in [0.4, 0.5) is 5.69 Å². The summed E-state index contributed by atoms with van der Waals surface area (Å²) in [5.74, 6) is 1.26. The van der Waals surface area contributed by atoms with Crippen LogP contribution in [-0.2, 0) is 6.54 Å². The van der Waals surface area contributed by atoms with Crippen molar-refractivity contribution in [3.8, 4) is 17.1 Å². The normalized spacial score (nSPS) is 11.2. The first-order valence-electron chi connectivity index (χ1n) is 10.6. The van der Waals surface area contributed by atoms with Crippen molar-refractivity contribution in [2.75, 3.05) is 18.5 Å². The molecule has 5 N–H and O–H groups in total. The maximum absolute atomic E-state index is 13.2. The average Bonchev–Trinajstić information content (AvgIpc) is 3.25. The number of imidazole rings is 1. The number of hydrogen-bond donors (Lipinski definition) is 4. The molecule has 0 saturated carbocycles. The summed E-state index contributed by atoms with van der Waals surface area (Å²) in [5.41, 5.74) is 9.72. The lowest BCUT2D eigenvalue weighted by atomic mass is 10.1. The number of rotatable bonds is 7. The number of halogens is 1. The standard InChI is InChI=1S/C25H22ClN5O2/c26-16-7-10-19-18(13-16)23(28-14-15-5-8-17(9-6-15)33-12-11-27)22(25(32)31-19)24-29-20-3-1-2-4-21(20)30-24/h1-10,13H,11-12,14,27H2,(H,29,30)(H2,28,31,32). The molecule has 0 saturated heterocycles. The van der Waals surface area contributed by atoms with Gasteiger partial charge in [-0.1, -0.05) is 35.9 Å². The van der Waals surface area contributed by atoms with Crippen LogP contribution < -0.4 is 21.3 Å². The minimum absolute atomic E-state index is 0.239. The molecular formula is C25H22ClN5O2. The Kier molecular flexibility index (Phi) is 5.73. The minimum atomic E-state index is -0.239. The summed E-state index contributed by atoms with van der Waals surface area (Å²) in [5, 5.41) is 4.83. The van der Waals surface area contributed by atoms with Gasteiger partial charge in [-0.3, -0.25) is 4.79 Å². The van der Waals surface area contributed by atoms with Crippen molar-refractivity contribution >= 4 is 39.2 Å². The van der Waals surface area contributed by atoms with E-state index in [4.69, 9.17) is 22.1 Å². The maximum atomic E-state index is 13.2. The Bertz CT molecular complexity index is 1460. The van der Waals surface area contributed by atoms with E-state index in [1.165, 1.54) is 0 Å². The number of H-pyrrole nitrogens is 2. The van der Waals surface area contributed by atoms with Gasteiger partial charge in [-0.15, -0.1) is 0 Å². The fourth-order valence-electron chi connectivity index (χ4n) is 3.82. The summed E-state index contributed by atoms with van der Waals surface area (Å²) in [6.07, 6.45) is 0. The van der Waals surface area contributed by atoms with Crippen LogP contribution in [0.2, 0.25) is 5.02 Å². The van der Waals surface area contributed by atoms with E-state index < -0.39 is 0 Å². The van der Waals surface area contributed by atoms with Crippen molar-refractivity contribution in [1.82, 2.24) is 15.0 Å². The Labute approximate surface area is 194 Å². The summed E-state index contributed by atoms with van der Waals surface area (Å²) in [4.78, 5) is 24.0. The predicted octanol–water partition coefficient (Wildman–Crippen LogP) is 4.67. The molecule has 0 unspecified atom stereocenters. The molecule has 166 valence electrons. The van der Waals surface area contributed by atoms with Crippen LogP contribution in [0.15, 0.2) is 71.5 Å². The van der Waals surface area contributed by atoms with E-state index in [2.05, 4.69) is 20.3 Å². The van der Waals surface area contributed by atoms with Crippen LogP contribution in [-0.4, -0.2) is 28.1 Å². The predicted molar refractivity (Wildman–Crippen MR) is 133 cm³/mol. The molecule has 8 heteroatoms. The van der Waals surface area contributed by atoms with Crippen LogP contribution in [0.25, 0.3) is 33.3 Å². The number of hydrogen-bond acceptors (Lipinski definition) is 5. The second kappa shape index (κ2) is 8.97. The lowest BCUT2D eigenvalue weighted by Gasteiger charge is -2.14. The van der Waals surface area contributed by atoms with Gasteiger partial charge < -0.3 is 25.8 Å². The zero-order valence-electron chi connectivity index (χ0n) is 17.7. The lowest BCUT2D eigenvalue weighted by Crippen LogP contribution is -2.14. The first-order chi connectivity index (χ1) is 16.1. The summed E-state index contributed by atoms with van der Waals surface area (Å²) in [6.45, 7) is 1.43. The number of aromatic amines is 2. The van der Waals surface area contributed by atoms with E-state index in [-0.39, 0.29) is 5.56 Å². The van der Waals surface area contributed by atoms with Crippen LogP contribution in [0.3, 0.4) is 0 Å². The first kappa shape index (κ1) is 21.1. The van der Waals surface area contributed by atoms with Crippen LogP contribution in [0, 0.1) is 0 Å². The lowest BCUT2D eigenvalue weighted by molar-refractivity contribution is 0.328. The molecular weight excluding hydrogens is 438 g/mol. The average molecular weight is 460 g/mol.